The number of aromatic nitrogens is 1. The molecule has 0 bridgehead atoms. The van der Waals surface area contributed by atoms with Crippen LogP contribution in [0.2, 0.25) is 0 Å². The maximum Gasteiger partial charge on any atom is 0.256 e. The van der Waals surface area contributed by atoms with E-state index in [4.69, 9.17) is 0 Å². The minimum Gasteiger partial charge on any atom is -0.272 e. The van der Waals surface area contributed by atoms with Gasteiger partial charge in [-0.3, -0.25) is 4.79 Å². The Bertz CT molecular complexity index is 666. The summed E-state index contributed by atoms with van der Waals surface area (Å²) in [5.41, 5.74) is 1.13. The molecule has 0 saturated carbocycles. The van der Waals surface area contributed by atoms with Gasteiger partial charge < -0.3 is 0 Å². The molecule has 1 amide bonds. The molecule has 2 aromatic rings. The Morgan fingerprint density at radius 1 is 1.32 bits per heavy atom. The lowest BCUT2D eigenvalue weighted by molar-refractivity contribution is -0.115. The summed E-state index contributed by atoms with van der Waals surface area (Å²) in [5, 5.41) is 3.47. The summed E-state index contributed by atoms with van der Waals surface area (Å²) in [6.07, 6.45) is 0.551. The first-order chi connectivity index (χ1) is 9.22. The molecule has 0 saturated heterocycles. The van der Waals surface area contributed by atoms with Crippen molar-refractivity contribution in [1.29, 1.82) is 0 Å². The highest BCUT2D eigenvalue weighted by molar-refractivity contribution is 8.15. The Morgan fingerprint density at radius 2 is 2.16 bits per heavy atom. The number of thioether (sulfide) groups is 1. The second kappa shape index (κ2) is 5.22. The Morgan fingerprint density at radius 3 is 2.89 bits per heavy atom. The molecule has 1 aliphatic heterocycles. The highest BCUT2D eigenvalue weighted by Crippen LogP contribution is 2.26. The van der Waals surface area contributed by atoms with Gasteiger partial charge in [0.2, 0.25) is 0 Å². The number of rotatable bonds is 3. The monoisotopic (exact) mass is 292 g/mol. The van der Waals surface area contributed by atoms with Gasteiger partial charge in [-0.05, 0) is 12.1 Å². The molecule has 96 valence electrons. The van der Waals surface area contributed by atoms with Crippen LogP contribution in [0.1, 0.15) is 5.01 Å². The van der Waals surface area contributed by atoms with Gasteiger partial charge in [0.25, 0.3) is 5.91 Å². The van der Waals surface area contributed by atoms with Crippen LogP contribution in [0.25, 0.3) is 11.3 Å². The smallest absolute Gasteiger partial charge is 0.256 e. The molecule has 1 aromatic carbocycles. The standard InChI is InChI=1S/C13H9FN2OS2/c14-9-4-2-1-3-8(9)10-6-18-12(15-10)5-13-16-11(17)7-19-13/h1-4,6H,5,7H2. The molecule has 0 unspecified atom stereocenters. The van der Waals surface area contributed by atoms with Gasteiger partial charge in [-0.15, -0.1) is 23.1 Å². The number of aliphatic imine (C=N–C) groups is 1. The third-order valence-electron chi connectivity index (χ3n) is 2.62. The predicted molar refractivity (Wildman–Crippen MR) is 76.1 cm³/mol. The van der Waals surface area contributed by atoms with E-state index in [9.17, 15) is 9.18 Å². The van der Waals surface area contributed by atoms with Crippen molar-refractivity contribution in [2.75, 3.05) is 5.75 Å². The number of thiazole rings is 1. The van der Waals surface area contributed by atoms with Gasteiger partial charge >= 0.3 is 0 Å². The molecule has 19 heavy (non-hydrogen) atoms. The quantitative estimate of drug-likeness (QED) is 0.872. The first kappa shape index (κ1) is 12.5. The third-order valence-corrected chi connectivity index (χ3v) is 4.42. The lowest BCUT2D eigenvalue weighted by Crippen LogP contribution is -1.94. The SMILES string of the molecule is O=C1CSC(Cc2nc(-c3ccccc3F)cs2)=N1. The maximum atomic E-state index is 13.6. The highest BCUT2D eigenvalue weighted by atomic mass is 32.2. The first-order valence-corrected chi connectivity index (χ1v) is 7.51. The van der Waals surface area contributed by atoms with Crippen LogP contribution in [0.4, 0.5) is 4.39 Å². The van der Waals surface area contributed by atoms with E-state index in [2.05, 4.69) is 9.98 Å². The zero-order valence-corrected chi connectivity index (χ0v) is 11.4. The number of carbonyl (C=O) groups excluding carboxylic acids is 1. The topological polar surface area (TPSA) is 42.3 Å². The Hall–Kier alpha value is -1.53. The molecule has 0 atom stereocenters. The largest absolute Gasteiger partial charge is 0.272 e. The molecule has 0 spiro atoms. The number of halogens is 1. The zero-order valence-electron chi connectivity index (χ0n) is 9.80. The summed E-state index contributed by atoms with van der Waals surface area (Å²) >= 11 is 2.90. The Kier molecular flexibility index (Phi) is 3.44. The third kappa shape index (κ3) is 2.74. The van der Waals surface area contributed by atoms with Crippen LogP contribution in [0.15, 0.2) is 34.6 Å². The van der Waals surface area contributed by atoms with E-state index in [-0.39, 0.29) is 11.7 Å². The lowest BCUT2D eigenvalue weighted by atomic mass is 10.1. The fraction of sp³-hybridized carbons (Fsp3) is 0.154. The van der Waals surface area contributed by atoms with E-state index < -0.39 is 0 Å². The minimum atomic E-state index is -0.276. The fourth-order valence-corrected chi connectivity index (χ4v) is 3.40. The second-order valence-electron chi connectivity index (χ2n) is 3.97. The van der Waals surface area contributed by atoms with Gasteiger partial charge in [0.1, 0.15) is 5.82 Å². The van der Waals surface area contributed by atoms with Gasteiger partial charge in [0.05, 0.1) is 21.5 Å². The lowest BCUT2D eigenvalue weighted by Gasteiger charge is -1.98. The number of nitrogens with zero attached hydrogens (tertiary/aromatic N) is 2. The molecular weight excluding hydrogens is 283 g/mol. The molecule has 6 heteroatoms. The van der Waals surface area contributed by atoms with E-state index in [1.165, 1.54) is 29.2 Å². The number of benzene rings is 1. The molecular formula is C13H9FN2OS2. The summed E-state index contributed by atoms with van der Waals surface area (Å²) in [5.74, 6) is 0.0499. The number of hydrogen-bond donors (Lipinski definition) is 0. The highest BCUT2D eigenvalue weighted by Gasteiger charge is 2.17. The zero-order chi connectivity index (χ0) is 13.2. The van der Waals surface area contributed by atoms with Crippen LogP contribution in [0, 0.1) is 5.82 Å². The summed E-state index contributed by atoms with van der Waals surface area (Å²) in [6.45, 7) is 0. The summed E-state index contributed by atoms with van der Waals surface area (Å²) < 4.78 is 13.6. The van der Waals surface area contributed by atoms with Crippen molar-refractivity contribution in [1.82, 2.24) is 4.98 Å². The van der Waals surface area contributed by atoms with Crippen LogP contribution in [-0.2, 0) is 11.2 Å². The molecule has 0 fully saturated rings. The number of carbonyl (C=O) groups is 1. The Balaban J connectivity index is 1.82. The van der Waals surface area contributed by atoms with E-state index in [1.807, 2.05) is 5.38 Å². The van der Waals surface area contributed by atoms with Crippen LogP contribution < -0.4 is 0 Å². The van der Waals surface area contributed by atoms with Gasteiger partial charge in [-0.1, -0.05) is 12.1 Å². The molecule has 1 aliphatic rings. The molecule has 0 radical (unpaired) electrons. The Labute approximate surface area is 117 Å². The molecule has 3 rings (SSSR count). The summed E-state index contributed by atoms with van der Waals surface area (Å²) in [6, 6.07) is 6.57. The van der Waals surface area contributed by atoms with Crippen LogP contribution in [-0.4, -0.2) is 21.7 Å². The van der Waals surface area contributed by atoms with Gasteiger partial charge in [-0.2, -0.15) is 0 Å². The second-order valence-corrected chi connectivity index (χ2v) is 5.96. The van der Waals surface area contributed by atoms with Crippen molar-refractivity contribution in [2.24, 2.45) is 4.99 Å². The van der Waals surface area contributed by atoms with E-state index in [1.54, 1.807) is 18.2 Å². The number of amides is 1. The van der Waals surface area contributed by atoms with Crippen LogP contribution in [0.3, 0.4) is 0 Å². The minimum absolute atomic E-state index is 0.0918. The van der Waals surface area contributed by atoms with Crippen molar-refractivity contribution < 1.29 is 9.18 Å². The average molecular weight is 292 g/mol. The van der Waals surface area contributed by atoms with Crippen molar-refractivity contribution >= 4 is 34.0 Å². The van der Waals surface area contributed by atoms with E-state index >= 15 is 0 Å². The summed E-state index contributed by atoms with van der Waals surface area (Å²) in [7, 11) is 0. The van der Waals surface area contributed by atoms with E-state index in [0.29, 0.717) is 23.4 Å². The van der Waals surface area contributed by atoms with Gasteiger partial charge in [0.15, 0.2) is 0 Å². The molecule has 0 N–H and O–H groups in total. The molecule has 3 nitrogen and oxygen atoms in total. The van der Waals surface area contributed by atoms with E-state index in [0.717, 1.165) is 10.1 Å². The molecule has 0 aliphatic carbocycles. The van der Waals surface area contributed by atoms with Crippen LogP contribution in [0.5, 0.6) is 0 Å². The maximum absolute atomic E-state index is 13.6. The van der Waals surface area contributed by atoms with Crippen molar-refractivity contribution in [3.63, 3.8) is 0 Å². The average Bonchev–Trinajstić information content (AvgIpc) is 3.00. The van der Waals surface area contributed by atoms with Crippen molar-refractivity contribution in [3.05, 3.63) is 40.5 Å². The van der Waals surface area contributed by atoms with Gasteiger partial charge in [0, 0.05) is 17.4 Å². The van der Waals surface area contributed by atoms with Gasteiger partial charge in [-0.25, -0.2) is 14.4 Å². The normalized spacial score (nSPS) is 14.8. The van der Waals surface area contributed by atoms with Crippen LogP contribution >= 0.6 is 23.1 Å². The first-order valence-electron chi connectivity index (χ1n) is 5.65. The fourth-order valence-electron chi connectivity index (χ4n) is 1.75. The van der Waals surface area contributed by atoms with Crippen molar-refractivity contribution in [3.8, 4) is 11.3 Å². The molecule has 2 heterocycles. The van der Waals surface area contributed by atoms with Crippen molar-refractivity contribution in [2.45, 2.75) is 6.42 Å². The predicted octanol–water partition coefficient (Wildman–Crippen LogP) is 3.16. The summed E-state index contributed by atoms with van der Waals surface area (Å²) in [4.78, 5) is 19.4. The molecule has 1 aromatic heterocycles. The number of hydrogen-bond acceptors (Lipinski definition) is 4.